The van der Waals surface area contributed by atoms with E-state index in [-0.39, 0.29) is 5.69 Å². The molecule has 0 unspecified atom stereocenters. The molecule has 0 aromatic heterocycles. The third kappa shape index (κ3) is 1.98. The Morgan fingerprint density at radius 2 is 2.00 bits per heavy atom. The number of carbonyl (C=O) groups is 1. The first-order valence-corrected chi connectivity index (χ1v) is 4.52. The normalized spacial score (nSPS) is 16.5. The van der Waals surface area contributed by atoms with E-state index in [1.54, 1.807) is 18.2 Å². The monoisotopic (exact) mass is 217 g/mol. The van der Waals surface area contributed by atoms with Gasteiger partial charge in [0.15, 0.2) is 0 Å². The molecule has 1 aliphatic heterocycles. The van der Waals surface area contributed by atoms with Gasteiger partial charge in [-0.25, -0.2) is 4.79 Å². The van der Waals surface area contributed by atoms with E-state index in [1.807, 2.05) is 0 Å². The van der Waals surface area contributed by atoms with Crippen molar-refractivity contribution in [3.05, 3.63) is 57.9 Å². The minimum absolute atomic E-state index is 0.0219. The molecule has 0 saturated carbocycles. The lowest BCUT2D eigenvalue weighted by Gasteiger charge is -1.98. The van der Waals surface area contributed by atoms with Gasteiger partial charge in [-0.1, -0.05) is 12.1 Å². The minimum atomic E-state index is -0.479. The Labute approximate surface area is 90.8 Å². The Morgan fingerprint density at radius 3 is 2.62 bits per heavy atom. The average Bonchev–Trinajstić information content (AvgIpc) is 2.64. The number of nitrogens with zero attached hydrogens (tertiary/aromatic N) is 1. The van der Waals surface area contributed by atoms with Gasteiger partial charge < -0.3 is 4.74 Å². The molecular formula is C11H7NO4. The van der Waals surface area contributed by atoms with Crippen molar-refractivity contribution >= 4 is 17.7 Å². The summed E-state index contributed by atoms with van der Waals surface area (Å²) in [7, 11) is 0. The highest BCUT2D eigenvalue weighted by Crippen LogP contribution is 2.22. The van der Waals surface area contributed by atoms with Crippen LogP contribution in [0.2, 0.25) is 0 Å². The number of ether oxygens (including phenoxy) is 1. The van der Waals surface area contributed by atoms with Crippen LogP contribution in [0.15, 0.2) is 42.2 Å². The Morgan fingerprint density at radius 1 is 1.25 bits per heavy atom. The SMILES string of the molecule is O=C1C=C/C(=C/c2ccccc2[N+](=O)[O-])O1. The number of esters is 1. The zero-order chi connectivity index (χ0) is 11.5. The van der Waals surface area contributed by atoms with Crippen molar-refractivity contribution in [2.45, 2.75) is 0 Å². The molecule has 0 atom stereocenters. The van der Waals surface area contributed by atoms with Crippen molar-refractivity contribution in [2.24, 2.45) is 0 Å². The van der Waals surface area contributed by atoms with Crippen LogP contribution in [-0.4, -0.2) is 10.9 Å². The fraction of sp³-hybridized carbons (Fsp3) is 0. The maximum absolute atomic E-state index is 10.8. The third-order valence-electron chi connectivity index (χ3n) is 2.03. The van der Waals surface area contributed by atoms with Gasteiger partial charge in [0.05, 0.1) is 10.5 Å². The lowest BCUT2D eigenvalue weighted by atomic mass is 10.1. The number of hydrogen-bond donors (Lipinski definition) is 0. The van der Waals surface area contributed by atoms with E-state index >= 15 is 0 Å². The Balaban J connectivity index is 2.38. The molecule has 1 aromatic rings. The van der Waals surface area contributed by atoms with E-state index in [0.717, 1.165) is 0 Å². The molecule has 5 nitrogen and oxygen atoms in total. The minimum Gasteiger partial charge on any atom is -0.423 e. The van der Waals surface area contributed by atoms with Crippen molar-refractivity contribution in [3.63, 3.8) is 0 Å². The van der Waals surface area contributed by atoms with E-state index in [2.05, 4.69) is 0 Å². The molecular weight excluding hydrogens is 210 g/mol. The summed E-state index contributed by atoms with van der Waals surface area (Å²) in [5.41, 5.74) is 0.383. The van der Waals surface area contributed by atoms with Crippen molar-refractivity contribution in [1.82, 2.24) is 0 Å². The lowest BCUT2D eigenvalue weighted by Crippen LogP contribution is -1.93. The largest absolute Gasteiger partial charge is 0.423 e. The molecule has 0 N–H and O–H groups in total. The van der Waals surface area contributed by atoms with Gasteiger partial charge in [0.2, 0.25) is 0 Å². The van der Waals surface area contributed by atoms with Crippen molar-refractivity contribution < 1.29 is 14.5 Å². The van der Waals surface area contributed by atoms with Gasteiger partial charge in [-0.15, -0.1) is 0 Å². The second kappa shape index (κ2) is 3.98. The maximum Gasteiger partial charge on any atom is 0.336 e. The summed E-state index contributed by atoms with van der Waals surface area (Å²) in [4.78, 5) is 21.0. The van der Waals surface area contributed by atoms with Crippen LogP contribution in [0.5, 0.6) is 0 Å². The summed E-state index contributed by atoms with van der Waals surface area (Å²) >= 11 is 0. The molecule has 0 amide bonds. The first-order chi connectivity index (χ1) is 7.66. The highest BCUT2D eigenvalue weighted by molar-refractivity contribution is 5.88. The van der Waals surface area contributed by atoms with Crippen LogP contribution in [0.4, 0.5) is 5.69 Å². The van der Waals surface area contributed by atoms with Gasteiger partial charge in [0.1, 0.15) is 5.76 Å². The van der Waals surface area contributed by atoms with Crippen molar-refractivity contribution in [2.75, 3.05) is 0 Å². The van der Waals surface area contributed by atoms with Gasteiger partial charge in [0.25, 0.3) is 5.69 Å². The van der Waals surface area contributed by atoms with Crippen LogP contribution in [-0.2, 0) is 9.53 Å². The number of carbonyl (C=O) groups excluding carboxylic acids is 1. The lowest BCUT2D eigenvalue weighted by molar-refractivity contribution is -0.385. The molecule has 0 bridgehead atoms. The maximum atomic E-state index is 10.8. The van der Waals surface area contributed by atoms with Gasteiger partial charge in [0, 0.05) is 12.1 Å². The summed E-state index contributed by atoms with van der Waals surface area (Å²) in [5.74, 6) is -0.163. The number of hydrogen-bond acceptors (Lipinski definition) is 4. The smallest absolute Gasteiger partial charge is 0.336 e. The van der Waals surface area contributed by atoms with Gasteiger partial charge in [-0.3, -0.25) is 10.1 Å². The highest BCUT2D eigenvalue weighted by Gasteiger charge is 2.14. The second-order valence-corrected chi connectivity index (χ2v) is 3.12. The molecule has 0 saturated heterocycles. The molecule has 0 fully saturated rings. The summed E-state index contributed by atoms with van der Waals surface area (Å²) in [6.45, 7) is 0. The summed E-state index contributed by atoms with van der Waals surface area (Å²) in [6.07, 6.45) is 4.19. The Kier molecular flexibility index (Phi) is 2.51. The summed E-state index contributed by atoms with van der Waals surface area (Å²) in [5, 5.41) is 10.7. The van der Waals surface area contributed by atoms with E-state index in [4.69, 9.17) is 4.74 Å². The van der Waals surface area contributed by atoms with E-state index in [1.165, 1.54) is 24.3 Å². The fourth-order valence-corrected chi connectivity index (χ4v) is 1.34. The van der Waals surface area contributed by atoms with Crippen molar-refractivity contribution in [1.29, 1.82) is 0 Å². The second-order valence-electron chi connectivity index (χ2n) is 3.12. The van der Waals surface area contributed by atoms with Gasteiger partial charge in [-0.2, -0.15) is 0 Å². The standard InChI is InChI=1S/C11H7NO4/c13-11-6-5-9(16-11)7-8-3-1-2-4-10(8)12(14)15/h1-7H/b9-7-. The van der Waals surface area contributed by atoms with E-state index < -0.39 is 10.9 Å². The number of nitro benzene ring substituents is 1. The van der Waals surface area contributed by atoms with Crippen LogP contribution in [0.25, 0.3) is 6.08 Å². The Hall–Kier alpha value is -2.43. The first kappa shape index (κ1) is 10.1. The summed E-state index contributed by atoms with van der Waals surface area (Å²) < 4.78 is 4.79. The highest BCUT2D eigenvalue weighted by atomic mass is 16.6. The number of para-hydroxylation sites is 1. The molecule has 1 aliphatic rings. The zero-order valence-corrected chi connectivity index (χ0v) is 8.12. The molecule has 80 valence electrons. The number of benzene rings is 1. The predicted molar refractivity (Wildman–Crippen MR) is 56.3 cm³/mol. The molecule has 0 spiro atoms. The van der Waals surface area contributed by atoms with E-state index in [0.29, 0.717) is 11.3 Å². The number of nitro groups is 1. The number of allylic oxidation sites excluding steroid dienone is 1. The molecule has 0 radical (unpaired) electrons. The zero-order valence-electron chi connectivity index (χ0n) is 8.12. The summed E-state index contributed by atoms with van der Waals surface area (Å²) in [6, 6.07) is 6.24. The first-order valence-electron chi connectivity index (χ1n) is 4.52. The molecule has 5 heteroatoms. The van der Waals surface area contributed by atoms with Crippen LogP contribution in [0.1, 0.15) is 5.56 Å². The molecule has 1 aromatic carbocycles. The van der Waals surface area contributed by atoms with Crippen LogP contribution < -0.4 is 0 Å². The average molecular weight is 217 g/mol. The van der Waals surface area contributed by atoms with Gasteiger partial charge >= 0.3 is 5.97 Å². The quantitative estimate of drug-likeness (QED) is 0.432. The topological polar surface area (TPSA) is 69.4 Å². The van der Waals surface area contributed by atoms with Crippen LogP contribution >= 0.6 is 0 Å². The molecule has 2 rings (SSSR count). The fourth-order valence-electron chi connectivity index (χ4n) is 1.34. The number of cyclic esters (lactones) is 1. The third-order valence-corrected chi connectivity index (χ3v) is 2.03. The van der Waals surface area contributed by atoms with Crippen LogP contribution in [0, 0.1) is 10.1 Å². The van der Waals surface area contributed by atoms with Crippen LogP contribution in [0.3, 0.4) is 0 Å². The molecule has 16 heavy (non-hydrogen) atoms. The number of rotatable bonds is 2. The molecule has 0 aliphatic carbocycles. The van der Waals surface area contributed by atoms with E-state index in [9.17, 15) is 14.9 Å². The van der Waals surface area contributed by atoms with Gasteiger partial charge in [-0.05, 0) is 18.2 Å². The Bertz CT molecular complexity index is 516. The van der Waals surface area contributed by atoms with Crippen molar-refractivity contribution in [3.8, 4) is 0 Å². The molecule has 1 heterocycles. The predicted octanol–water partition coefficient (Wildman–Crippen LogP) is 2.05.